The molecule has 1 aromatic heterocycles. The molecule has 3 aromatic rings. The summed E-state index contributed by atoms with van der Waals surface area (Å²) in [7, 11) is 3.41. The van der Waals surface area contributed by atoms with Gasteiger partial charge in [0.2, 0.25) is 5.91 Å². The van der Waals surface area contributed by atoms with Crippen molar-refractivity contribution in [2.24, 2.45) is 0 Å². The van der Waals surface area contributed by atoms with Crippen molar-refractivity contribution >= 4 is 29.3 Å². The summed E-state index contributed by atoms with van der Waals surface area (Å²) in [5.74, 6) is 0.449. The summed E-state index contributed by atoms with van der Waals surface area (Å²) in [5.41, 5.74) is 1.57. The normalized spacial score (nSPS) is 17.8. The van der Waals surface area contributed by atoms with Crippen LogP contribution in [0.2, 0.25) is 5.02 Å². The Morgan fingerprint density at radius 1 is 0.977 bits per heavy atom. The highest BCUT2D eigenvalue weighted by Gasteiger charge is 2.31. The van der Waals surface area contributed by atoms with E-state index in [-0.39, 0.29) is 17.7 Å². The average Bonchev–Trinajstić information content (AvgIpc) is 3.48. The standard InChI is InChI=1S/C33H41ClN4O5/c1-4-12-26-23-28(35-43-26)32(40)38-18-9-8-17-36(2)33(41)29(21-24-13-6-5-7-14-24)37(3)31(39)27-22-25(34)15-16-30(27)42-20-11-10-19-38/h5-7,13-16,22-23,29H,4,8-12,17-21H2,1-3H3/t29-/m0/s1. The summed E-state index contributed by atoms with van der Waals surface area (Å²) in [5, 5.41) is 4.42. The number of hydrogen-bond donors (Lipinski definition) is 0. The van der Waals surface area contributed by atoms with E-state index >= 15 is 0 Å². The molecule has 0 unspecified atom stereocenters. The van der Waals surface area contributed by atoms with E-state index in [1.807, 2.05) is 37.3 Å². The summed E-state index contributed by atoms with van der Waals surface area (Å²) < 4.78 is 11.4. The van der Waals surface area contributed by atoms with E-state index < -0.39 is 6.04 Å². The van der Waals surface area contributed by atoms with E-state index in [1.54, 1.807) is 48.2 Å². The summed E-state index contributed by atoms with van der Waals surface area (Å²) in [4.78, 5) is 46.0. The van der Waals surface area contributed by atoms with Crippen molar-refractivity contribution in [1.29, 1.82) is 0 Å². The second kappa shape index (κ2) is 15.6. The number of likely N-dealkylation sites (N-methyl/N-ethyl adjacent to an activating group) is 2. The largest absolute Gasteiger partial charge is 0.493 e. The Bertz CT molecular complexity index is 1380. The topological polar surface area (TPSA) is 96.2 Å². The zero-order valence-electron chi connectivity index (χ0n) is 25.3. The first-order chi connectivity index (χ1) is 20.8. The van der Waals surface area contributed by atoms with Crippen LogP contribution in [0.3, 0.4) is 0 Å². The molecular formula is C33H41ClN4O5. The van der Waals surface area contributed by atoms with Crippen LogP contribution in [0.25, 0.3) is 0 Å². The second-order valence-electron chi connectivity index (χ2n) is 11.0. The number of ether oxygens (including phenoxy) is 1. The molecule has 1 aliphatic rings. The van der Waals surface area contributed by atoms with Gasteiger partial charge in [-0.15, -0.1) is 0 Å². The number of aryl methyl sites for hydroxylation is 1. The van der Waals surface area contributed by atoms with Gasteiger partial charge < -0.3 is 24.0 Å². The van der Waals surface area contributed by atoms with Crippen LogP contribution in [0.15, 0.2) is 59.1 Å². The Hall–Kier alpha value is -3.85. The van der Waals surface area contributed by atoms with Gasteiger partial charge in [-0.3, -0.25) is 14.4 Å². The Morgan fingerprint density at radius 2 is 1.70 bits per heavy atom. The van der Waals surface area contributed by atoms with Crippen LogP contribution in [-0.4, -0.2) is 84.0 Å². The molecule has 0 saturated heterocycles. The van der Waals surface area contributed by atoms with E-state index in [9.17, 15) is 14.4 Å². The Balaban J connectivity index is 1.58. The molecule has 2 heterocycles. The first-order valence-corrected chi connectivity index (χ1v) is 15.4. The number of halogens is 1. The Morgan fingerprint density at radius 3 is 2.44 bits per heavy atom. The van der Waals surface area contributed by atoms with Crippen molar-refractivity contribution in [2.45, 2.75) is 57.9 Å². The van der Waals surface area contributed by atoms with Gasteiger partial charge in [0.05, 0.1) is 12.2 Å². The van der Waals surface area contributed by atoms with Gasteiger partial charge in [-0.25, -0.2) is 0 Å². The van der Waals surface area contributed by atoms with Crippen LogP contribution in [0.4, 0.5) is 0 Å². The number of aromatic nitrogens is 1. The SMILES string of the molecule is CCCc1cc(C(=O)N2CCCCOc3ccc(Cl)cc3C(=O)N(C)[C@@H](Cc3ccccc3)C(=O)N(C)CCCC2)no1. The monoisotopic (exact) mass is 608 g/mol. The quantitative estimate of drug-likeness (QED) is 0.379. The molecule has 0 saturated carbocycles. The molecule has 10 heteroatoms. The van der Waals surface area contributed by atoms with Crippen molar-refractivity contribution in [3.05, 3.63) is 82.2 Å². The van der Waals surface area contributed by atoms with Gasteiger partial charge >= 0.3 is 0 Å². The predicted octanol–water partition coefficient (Wildman–Crippen LogP) is 5.52. The van der Waals surface area contributed by atoms with Crippen LogP contribution in [0, 0.1) is 0 Å². The van der Waals surface area contributed by atoms with E-state index in [0.29, 0.717) is 86.1 Å². The number of benzene rings is 2. The van der Waals surface area contributed by atoms with Crippen LogP contribution >= 0.6 is 11.6 Å². The molecule has 43 heavy (non-hydrogen) atoms. The van der Waals surface area contributed by atoms with E-state index in [1.165, 1.54) is 4.90 Å². The van der Waals surface area contributed by atoms with Gasteiger partial charge in [-0.2, -0.15) is 0 Å². The fraction of sp³-hybridized carbons (Fsp3) is 0.455. The number of amides is 3. The third-order valence-corrected chi connectivity index (χ3v) is 7.94. The highest BCUT2D eigenvalue weighted by Crippen LogP contribution is 2.26. The lowest BCUT2D eigenvalue weighted by molar-refractivity contribution is -0.134. The lowest BCUT2D eigenvalue weighted by Gasteiger charge is -2.31. The van der Waals surface area contributed by atoms with E-state index in [2.05, 4.69) is 5.16 Å². The summed E-state index contributed by atoms with van der Waals surface area (Å²) in [6.45, 7) is 3.95. The number of fused-ring (bicyclic) bond motifs is 1. The Kier molecular flexibility index (Phi) is 11.6. The van der Waals surface area contributed by atoms with Crippen molar-refractivity contribution in [3.63, 3.8) is 0 Å². The highest BCUT2D eigenvalue weighted by molar-refractivity contribution is 6.31. The predicted molar refractivity (Wildman–Crippen MR) is 165 cm³/mol. The van der Waals surface area contributed by atoms with Gasteiger partial charge in [-0.1, -0.05) is 54.0 Å². The van der Waals surface area contributed by atoms with Gasteiger partial charge in [0.1, 0.15) is 17.6 Å². The molecular weight excluding hydrogens is 568 g/mol. The number of rotatable bonds is 5. The lowest BCUT2D eigenvalue weighted by atomic mass is 10.0. The maximum atomic E-state index is 13.8. The number of carbonyl (C=O) groups is 3. The smallest absolute Gasteiger partial charge is 0.276 e. The van der Waals surface area contributed by atoms with Crippen LogP contribution in [0.5, 0.6) is 5.75 Å². The van der Waals surface area contributed by atoms with Gasteiger partial charge in [-0.05, 0) is 55.9 Å². The fourth-order valence-corrected chi connectivity index (χ4v) is 5.38. The third kappa shape index (κ3) is 8.60. The first kappa shape index (κ1) is 32.1. The Labute approximate surface area is 258 Å². The molecule has 0 N–H and O–H groups in total. The lowest BCUT2D eigenvalue weighted by Crippen LogP contribution is -2.49. The summed E-state index contributed by atoms with van der Waals surface area (Å²) >= 11 is 6.30. The van der Waals surface area contributed by atoms with Crippen molar-refractivity contribution < 1.29 is 23.6 Å². The van der Waals surface area contributed by atoms with Gasteiger partial charge in [0, 0.05) is 57.7 Å². The molecule has 0 bridgehead atoms. The molecule has 230 valence electrons. The second-order valence-corrected chi connectivity index (χ2v) is 11.4. The minimum Gasteiger partial charge on any atom is -0.493 e. The first-order valence-electron chi connectivity index (χ1n) is 15.0. The van der Waals surface area contributed by atoms with Gasteiger partial charge in [0.15, 0.2) is 5.69 Å². The average molecular weight is 609 g/mol. The van der Waals surface area contributed by atoms with E-state index in [0.717, 1.165) is 18.4 Å². The fourth-order valence-electron chi connectivity index (χ4n) is 5.21. The molecule has 4 rings (SSSR count). The minimum absolute atomic E-state index is 0.160. The molecule has 3 amide bonds. The minimum atomic E-state index is -0.732. The molecule has 0 aliphatic carbocycles. The molecule has 2 aromatic carbocycles. The summed E-state index contributed by atoms with van der Waals surface area (Å²) in [6.07, 6.45) is 4.79. The van der Waals surface area contributed by atoms with Crippen LogP contribution in [0.1, 0.15) is 71.2 Å². The van der Waals surface area contributed by atoms with Gasteiger partial charge in [0.25, 0.3) is 11.8 Å². The van der Waals surface area contributed by atoms with Crippen molar-refractivity contribution in [3.8, 4) is 5.75 Å². The zero-order chi connectivity index (χ0) is 30.8. The molecule has 0 radical (unpaired) electrons. The van der Waals surface area contributed by atoms with Crippen molar-refractivity contribution in [2.75, 3.05) is 40.3 Å². The molecule has 0 fully saturated rings. The number of hydrogen-bond acceptors (Lipinski definition) is 6. The maximum Gasteiger partial charge on any atom is 0.276 e. The van der Waals surface area contributed by atoms with E-state index in [4.69, 9.17) is 20.9 Å². The highest BCUT2D eigenvalue weighted by atomic mass is 35.5. The summed E-state index contributed by atoms with van der Waals surface area (Å²) in [6, 6.07) is 15.6. The molecule has 1 atom stereocenters. The maximum absolute atomic E-state index is 13.8. The third-order valence-electron chi connectivity index (χ3n) is 7.71. The number of carbonyl (C=O) groups excluding carboxylic acids is 3. The molecule has 1 aliphatic heterocycles. The molecule has 0 spiro atoms. The van der Waals surface area contributed by atoms with Crippen LogP contribution in [-0.2, 0) is 17.6 Å². The molecule has 9 nitrogen and oxygen atoms in total. The number of nitrogens with zero attached hydrogens (tertiary/aromatic N) is 4. The van der Waals surface area contributed by atoms with Crippen molar-refractivity contribution in [1.82, 2.24) is 19.9 Å². The van der Waals surface area contributed by atoms with Crippen LogP contribution < -0.4 is 4.74 Å². The zero-order valence-corrected chi connectivity index (χ0v) is 26.0.